The van der Waals surface area contributed by atoms with E-state index in [9.17, 15) is 19.2 Å². The molecule has 3 N–H and O–H groups in total. The number of pyridine rings is 2. The molecule has 2 amide bonds. The molecule has 14 heteroatoms. The second-order valence-corrected chi connectivity index (χ2v) is 8.53. The molecule has 0 spiro atoms. The molecule has 0 saturated heterocycles. The first-order chi connectivity index (χ1) is 17.0. The number of esters is 1. The number of amides is 2. The van der Waals surface area contributed by atoms with Gasteiger partial charge in [-0.1, -0.05) is 0 Å². The molecule has 0 aliphatic rings. The lowest BCUT2D eigenvalue weighted by Gasteiger charge is -2.10. The van der Waals surface area contributed by atoms with Crippen molar-refractivity contribution in [3.63, 3.8) is 0 Å². The van der Waals surface area contributed by atoms with Crippen LogP contribution in [0.4, 0.5) is 0 Å². The zero-order chi connectivity index (χ0) is 27.1. The first-order valence-corrected chi connectivity index (χ1v) is 12.1. The van der Waals surface area contributed by atoms with Crippen LogP contribution in [0.5, 0.6) is 11.8 Å². The van der Waals surface area contributed by atoms with Gasteiger partial charge >= 0.3 is 11.9 Å². The van der Waals surface area contributed by atoms with Crippen LogP contribution >= 0.6 is 31.9 Å². The van der Waals surface area contributed by atoms with Crippen molar-refractivity contribution in [1.82, 2.24) is 20.6 Å². The summed E-state index contributed by atoms with van der Waals surface area (Å²) in [6, 6.07) is 2.99. The second kappa shape index (κ2) is 16.4. The minimum Gasteiger partial charge on any atom is -0.477 e. The van der Waals surface area contributed by atoms with Gasteiger partial charge in [-0.3, -0.25) is 9.59 Å². The van der Waals surface area contributed by atoms with Crippen molar-refractivity contribution in [2.24, 2.45) is 0 Å². The van der Waals surface area contributed by atoms with Crippen molar-refractivity contribution in [2.45, 2.75) is 20.8 Å². The molecule has 0 radical (unpaired) electrons. The topological polar surface area (TPSA) is 166 Å². The van der Waals surface area contributed by atoms with Gasteiger partial charge in [0, 0.05) is 35.2 Å². The molecule has 2 aromatic rings. The Balaban J connectivity index is 0.000000362. The lowest BCUT2D eigenvalue weighted by molar-refractivity contribution is -0.119. The van der Waals surface area contributed by atoms with E-state index in [1.165, 1.54) is 32.3 Å². The van der Waals surface area contributed by atoms with Gasteiger partial charge in [0.2, 0.25) is 23.6 Å². The Morgan fingerprint density at radius 3 is 1.72 bits per heavy atom. The largest absolute Gasteiger partial charge is 0.477 e. The molecule has 12 nitrogen and oxygen atoms in total. The molecule has 0 saturated carbocycles. The number of hydrogen-bond donors (Lipinski definition) is 3. The van der Waals surface area contributed by atoms with Crippen LogP contribution in [0.25, 0.3) is 0 Å². The van der Waals surface area contributed by atoms with Crippen LogP contribution < -0.4 is 20.1 Å². The molecule has 2 heterocycles. The van der Waals surface area contributed by atoms with Gasteiger partial charge < -0.3 is 30.0 Å². The van der Waals surface area contributed by atoms with E-state index < -0.39 is 11.9 Å². The number of nitrogens with zero attached hydrogens (tertiary/aromatic N) is 2. The molecule has 36 heavy (non-hydrogen) atoms. The van der Waals surface area contributed by atoms with Gasteiger partial charge in [0.15, 0.2) is 0 Å². The molecule has 0 atom stereocenters. The standard InChI is InChI=1S/C12H15BrN2O4.C10H11BrN2O4/c1-3-18-12(17)10-6-9(13)7-15-11(10)19-5-4-14-8(2)16;1-6(14)12-2-3-17-9-8(10(15)16)4-7(11)5-13-9/h6-7H,3-5H2,1-2H3,(H,14,16);4-5H,2-3H2,1H3,(H,12,14)(H,15,16). The fraction of sp³-hybridized carbons (Fsp3) is 0.364. The highest BCUT2D eigenvalue weighted by Crippen LogP contribution is 2.21. The van der Waals surface area contributed by atoms with Crippen LogP contribution in [0.3, 0.4) is 0 Å². The summed E-state index contributed by atoms with van der Waals surface area (Å²) >= 11 is 6.36. The predicted octanol–water partition coefficient (Wildman–Crippen LogP) is 2.59. The van der Waals surface area contributed by atoms with Crippen LogP contribution in [0, 0.1) is 0 Å². The maximum atomic E-state index is 11.7. The normalized spacial score (nSPS) is 9.81. The number of nitrogens with one attached hydrogen (secondary N) is 2. The highest BCUT2D eigenvalue weighted by molar-refractivity contribution is 9.10. The summed E-state index contributed by atoms with van der Waals surface area (Å²) in [4.78, 5) is 51.8. The minimum atomic E-state index is -1.12. The average Bonchev–Trinajstić information content (AvgIpc) is 2.81. The van der Waals surface area contributed by atoms with Crippen LogP contribution in [-0.4, -0.2) is 71.7 Å². The molecule has 0 aliphatic heterocycles. The Hall–Kier alpha value is -3.26. The third-order valence-corrected chi connectivity index (χ3v) is 4.66. The molecular weight excluding hydrogens is 608 g/mol. The lowest BCUT2D eigenvalue weighted by atomic mass is 10.3. The maximum Gasteiger partial charge on any atom is 0.343 e. The van der Waals surface area contributed by atoms with Crippen molar-refractivity contribution in [2.75, 3.05) is 32.9 Å². The third kappa shape index (κ3) is 11.9. The van der Waals surface area contributed by atoms with Crippen LogP contribution in [-0.2, 0) is 14.3 Å². The smallest absolute Gasteiger partial charge is 0.343 e. The number of rotatable bonds is 11. The number of aromatic nitrogens is 2. The Morgan fingerprint density at radius 2 is 1.31 bits per heavy atom. The summed E-state index contributed by atoms with van der Waals surface area (Å²) in [7, 11) is 0. The molecule has 2 aromatic heterocycles. The average molecular weight is 634 g/mol. The van der Waals surface area contributed by atoms with E-state index >= 15 is 0 Å². The van der Waals surface area contributed by atoms with Crippen molar-refractivity contribution in [3.05, 3.63) is 44.6 Å². The zero-order valence-electron chi connectivity index (χ0n) is 19.8. The van der Waals surface area contributed by atoms with Crippen molar-refractivity contribution in [3.8, 4) is 11.8 Å². The third-order valence-electron chi connectivity index (χ3n) is 3.79. The van der Waals surface area contributed by atoms with Gasteiger partial charge in [-0.05, 0) is 50.9 Å². The Labute approximate surface area is 224 Å². The summed E-state index contributed by atoms with van der Waals surface area (Å²) in [5, 5.41) is 14.0. The molecular formula is C22H26Br2N4O8. The highest BCUT2D eigenvalue weighted by Gasteiger charge is 2.16. The van der Waals surface area contributed by atoms with Crippen LogP contribution in [0.2, 0.25) is 0 Å². The van der Waals surface area contributed by atoms with Crippen LogP contribution in [0.1, 0.15) is 41.5 Å². The number of aromatic carboxylic acids is 1. The molecule has 2 rings (SSSR count). The number of carboxylic acid groups (broad SMARTS) is 1. The number of carboxylic acids is 1. The first kappa shape index (κ1) is 30.8. The van der Waals surface area contributed by atoms with E-state index in [1.807, 2.05) is 0 Å². The molecule has 0 fully saturated rings. The molecule has 0 unspecified atom stereocenters. The van der Waals surface area contributed by atoms with Crippen molar-refractivity contribution >= 4 is 55.6 Å². The summed E-state index contributed by atoms with van der Waals surface area (Å²) < 4.78 is 16.7. The van der Waals surface area contributed by atoms with E-state index in [2.05, 4.69) is 52.5 Å². The summed E-state index contributed by atoms with van der Waals surface area (Å²) in [5.41, 5.74) is 0.223. The van der Waals surface area contributed by atoms with Gasteiger partial charge in [-0.2, -0.15) is 0 Å². The van der Waals surface area contributed by atoms with Crippen LogP contribution in [0.15, 0.2) is 33.5 Å². The van der Waals surface area contributed by atoms with E-state index in [0.717, 1.165) is 0 Å². The number of carbonyl (C=O) groups is 4. The summed E-state index contributed by atoms with van der Waals surface area (Å²) in [5.74, 6) is -1.70. The SMILES string of the molecule is CC(=O)NCCOc1ncc(Br)cc1C(=O)O.CCOC(=O)c1cc(Br)cnc1OCCNC(C)=O. The monoisotopic (exact) mass is 632 g/mol. The minimum absolute atomic E-state index is 0.0257. The Kier molecular flexibility index (Phi) is 14.0. The predicted molar refractivity (Wildman–Crippen MR) is 135 cm³/mol. The van der Waals surface area contributed by atoms with Crippen molar-refractivity contribution < 1.29 is 38.5 Å². The molecule has 0 bridgehead atoms. The van der Waals surface area contributed by atoms with E-state index in [1.54, 1.807) is 13.0 Å². The quantitative estimate of drug-likeness (QED) is 0.247. The van der Waals surface area contributed by atoms with E-state index in [4.69, 9.17) is 19.3 Å². The lowest BCUT2D eigenvalue weighted by Crippen LogP contribution is -2.26. The summed E-state index contributed by atoms with van der Waals surface area (Å²) in [6.07, 6.45) is 2.97. The van der Waals surface area contributed by atoms with Gasteiger partial charge in [0.25, 0.3) is 0 Å². The number of carbonyl (C=O) groups excluding carboxylic acids is 3. The Morgan fingerprint density at radius 1 is 0.861 bits per heavy atom. The first-order valence-electron chi connectivity index (χ1n) is 10.5. The van der Waals surface area contributed by atoms with Gasteiger partial charge in [-0.15, -0.1) is 0 Å². The summed E-state index contributed by atoms with van der Waals surface area (Å²) in [6.45, 7) is 5.83. The van der Waals surface area contributed by atoms with Gasteiger partial charge in [-0.25, -0.2) is 19.6 Å². The Bertz CT molecular complexity index is 1070. The molecule has 0 aliphatic carbocycles. The highest BCUT2D eigenvalue weighted by atomic mass is 79.9. The van der Waals surface area contributed by atoms with Gasteiger partial charge in [0.05, 0.1) is 19.7 Å². The van der Waals surface area contributed by atoms with E-state index in [0.29, 0.717) is 22.0 Å². The number of hydrogen-bond acceptors (Lipinski definition) is 9. The number of ether oxygens (including phenoxy) is 3. The fourth-order valence-electron chi connectivity index (χ4n) is 2.34. The fourth-order valence-corrected chi connectivity index (χ4v) is 3.00. The maximum absolute atomic E-state index is 11.7. The van der Waals surface area contributed by atoms with E-state index in [-0.39, 0.29) is 54.5 Å². The van der Waals surface area contributed by atoms with Crippen molar-refractivity contribution in [1.29, 1.82) is 0 Å². The second-order valence-electron chi connectivity index (χ2n) is 6.70. The molecule has 0 aromatic carbocycles. The molecule has 196 valence electrons. The number of halogens is 2. The zero-order valence-corrected chi connectivity index (χ0v) is 23.0. The van der Waals surface area contributed by atoms with Gasteiger partial charge in [0.1, 0.15) is 24.3 Å².